The van der Waals surface area contributed by atoms with Gasteiger partial charge in [-0.25, -0.2) is 14.5 Å². The van der Waals surface area contributed by atoms with Gasteiger partial charge in [0.2, 0.25) is 5.91 Å². The van der Waals surface area contributed by atoms with Crippen LogP contribution in [0.2, 0.25) is 0 Å². The third-order valence-corrected chi connectivity index (χ3v) is 6.03. The number of aryl methyl sites for hydroxylation is 1. The van der Waals surface area contributed by atoms with Crippen LogP contribution in [-0.2, 0) is 39.2 Å². The Kier molecular flexibility index (Phi) is 6.90. The van der Waals surface area contributed by atoms with Crippen LogP contribution in [0.25, 0.3) is 33.3 Å². The van der Waals surface area contributed by atoms with Gasteiger partial charge in [-0.15, -0.1) is 0 Å². The van der Waals surface area contributed by atoms with E-state index >= 15 is 0 Å². The summed E-state index contributed by atoms with van der Waals surface area (Å²) >= 11 is 0. The summed E-state index contributed by atoms with van der Waals surface area (Å²) < 4.78 is 13.5. The van der Waals surface area contributed by atoms with Crippen LogP contribution in [0, 0.1) is 0 Å². The van der Waals surface area contributed by atoms with Crippen LogP contribution >= 0.6 is 0 Å². The molecule has 38 heavy (non-hydrogen) atoms. The minimum Gasteiger partial charge on any atom is -0.481 e. The predicted molar refractivity (Wildman–Crippen MR) is 137 cm³/mol. The Bertz CT molecular complexity index is 1720. The second-order valence-electron chi connectivity index (χ2n) is 8.91. The highest BCUT2D eigenvalue weighted by molar-refractivity contribution is 5.97. The van der Waals surface area contributed by atoms with Gasteiger partial charge in [0.25, 0.3) is 0 Å². The van der Waals surface area contributed by atoms with Crippen molar-refractivity contribution in [2.75, 3.05) is 0 Å². The summed E-state index contributed by atoms with van der Waals surface area (Å²) in [6.45, 7) is 0.189. The number of hydrogen-bond acceptors (Lipinski definition) is 6. The Hall–Kier alpha value is -4.92. The van der Waals surface area contributed by atoms with Crippen molar-refractivity contribution in [3.8, 4) is 11.5 Å². The molecule has 2 heterocycles. The lowest BCUT2D eigenvalue weighted by Crippen LogP contribution is -2.26. The minimum atomic E-state index is -1.06. The molecule has 1 aromatic heterocycles. The number of carboxylic acids is 1. The number of ether oxygens (including phenoxy) is 1. The quantitative estimate of drug-likeness (QED) is 0.154. The Balaban J connectivity index is 1.45. The largest absolute Gasteiger partial charge is 0.481 e. The fourth-order valence-electron chi connectivity index (χ4n) is 4.10. The maximum absolute atomic E-state index is 12.4. The number of hydrogen-bond donors (Lipinski definition) is 1. The smallest absolute Gasteiger partial charge is 0.310 e. The molecule has 2 aromatic carbocycles. The molecule has 1 aliphatic carbocycles. The van der Waals surface area contributed by atoms with Crippen molar-refractivity contribution >= 4 is 39.7 Å². The van der Waals surface area contributed by atoms with Crippen LogP contribution in [-0.4, -0.2) is 27.9 Å². The first-order chi connectivity index (χ1) is 18.4. The molecule has 3 aromatic rings. The number of amides is 1. The molecule has 0 spiro atoms. The molecule has 1 amide bonds. The number of carbonyl (C=O) groups excluding carboxylic acids is 2. The summed E-state index contributed by atoms with van der Waals surface area (Å²) in [6.07, 6.45) is 3.36. The lowest BCUT2D eigenvalue weighted by Gasteiger charge is -2.11. The molecule has 0 fully saturated rings. The molecular weight excluding hydrogens is 486 g/mol. The van der Waals surface area contributed by atoms with E-state index in [1.54, 1.807) is 18.2 Å². The molecular formula is C29H24N3O6+. The number of esters is 1. The Morgan fingerprint density at radius 3 is 2.50 bits per heavy atom. The highest BCUT2D eigenvalue weighted by atomic mass is 16.5. The zero-order valence-electron chi connectivity index (χ0n) is 20.6. The van der Waals surface area contributed by atoms with Gasteiger partial charge < -0.3 is 14.3 Å². The fourth-order valence-corrected chi connectivity index (χ4v) is 4.10. The van der Waals surface area contributed by atoms with Gasteiger partial charge >= 0.3 is 11.9 Å². The summed E-state index contributed by atoms with van der Waals surface area (Å²) in [7, 11) is 1.92. The monoisotopic (exact) mass is 510 g/mol. The topological polar surface area (TPSA) is 123 Å². The number of carboxylic acid groups (broad SMARTS) is 1. The molecule has 0 radical (unpaired) electrons. The van der Waals surface area contributed by atoms with Gasteiger partial charge in [0.15, 0.2) is 23.7 Å². The van der Waals surface area contributed by atoms with Gasteiger partial charge in [0.1, 0.15) is 24.9 Å². The molecule has 9 nitrogen and oxygen atoms in total. The predicted octanol–water partition coefficient (Wildman–Crippen LogP) is 3.49. The van der Waals surface area contributed by atoms with Crippen molar-refractivity contribution in [1.29, 1.82) is 0 Å². The third kappa shape index (κ3) is 5.57. The molecule has 0 unspecified atom stereocenters. The fraction of sp³-hybridized carbons (Fsp3) is 0.172. The van der Waals surface area contributed by atoms with E-state index < -0.39 is 11.9 Å². The second-order valence-corrected chi connectivity index (χ2v) is 8.91. The van der Waals surface area contributed by atoms with Crippen LogP contribution in [0.3, 0.4) is 0 Å². The van der Waals surface area contributed by atoms with E-state index in [1.165, 1.54) is 0 Å². The maximum atomic E-state index is 12.4. The zero-order chi connectivity index (χ0) is 26.6. The summed E-state index contributed by atoms with van der Waals surface area (Å²) in [5.41, 5.74) is 3.29. The first-order valence-corrected chi connectivity index (χ1v) is 12.0. The molecule has 0 atom stereocenters. The average Bonchev–Trinajstić information content (AvgIpc) is 2.91. The lowest BCUT2D eigenvalue weighted by molar-refractivity contribution is -0.671. The van der Waals surface area contributed by atoms with Gasteiger partial charge in [0.05, 0.1) is 18.2 Å². The SMILES string of the molecule is C[n+]1ccc(COC(=O)Cc2ccc3nc4c5ccccc5c(=NC(=O)CCC(=O)O)cc-4oc3c2)cc1. The van der Waals surface area contributed by atoms with Crippen LogP contribution in [0.4, 0.5) is 0 Å². The Morgan fingerprint density at radius 1 is 0.974 bits per heavy atom. The molecule has 0 saturated carbocycles. The van der Waals surface area contributed by atoms with E-state index in [1.807, 2.05) is 66.5 Å². The van der Waals surface area contributed by atoms with Gasteiger partial charge in [-0.05, 0) is 17.7 Å². The number of fused-ring (bicyclic) bond motifs is 4. The number of rotatable bonds is 7. The molecule has 0 bridgehead atoms. The summed E-state index contributed by atoms with van der Waals surface area (Å²) in [4.78, 5) is 44.5. The summed E-state index contributed by atoms with van der Waals surface area (Å²) in [5, 5.41) is 10.7. The molecule has 1 N–H and O–H groups in total. The van der Waals surface area contributed by atoms with Crippen LogP contribution < -0.4 is 9.92 Å². The first-order valence-electron chi connectivity index (χ1n) is 12.0. The van der Waals surface area contributed by atoms with Gasteiger partial charge in [-0.3, -0.25) is 14.4 Å². The minimum absolute atomic E-state index is 0.0699. The number of carbonyl (C=O) groups is 3. The van der Waals surface area contributed by atoms with E-state index in [-0.39, 0.29) is 31.8 Å². The van der Waals surface area contributed by atoms with E-state index in [2.05, 4.69) is 4.99 Å². The molecule has 190 valence electrons. The summed E-state index contributed by atoms with van der Waals surface area (Å²) in [5.74, 6) is -1.54. The number of benzene rings is 3. The number of aromatic nitrogens is 2. The van der Waals surface area contributed by atoms with E-state index in [9.17, 15) is 14.4 Å². The van der Waals surface area contributed by atoms with Gasteiger partial charge in [-0.2, -0.15) is 0 Å². The van der Waals surface area contributed by atoms with Crippen molar-refractivity contribution < 1.29 is 33.2 Å². The van der Waals surface area contributed by atoms with E-state index in [0.717, 1.165) is 10.9 Å². The maximum Gasteiger partial charge on any atom is 0.310 e. The third-order valence-electron chi connectivity index (χ3n) is 6.03. The number of aliphatic carboxylic acids is 1. The van der Waals surface area contributed by atoms with Crippen LogP contribution in [0.1, 0.15) is 24.0 Å². The lowest BCUT2D eigenvalue weighted by atomic mass is 10.0. The van der Waals surface area contributed by atoms with Crippen molar-refractivity contribution in [3.63, 3.8) is 0 Å². The Morgan fingerprint density at radius 2 is 1.74 bits per heavy atom. The van der Waals surface area contributed by atoms with Crippen LogP contribution in [0.15, 0.2) is 82.5 Å². The molecule has 0 saturated heterocycles. The van der Waals surface area contributed by atoms with Crippen molar-refractivity contribution in [2.45, 2.75) is 25.9 Å². The van der Waals surface area contributed by atoms with E-state index in [4.69, 9.17) is 19.2 Å². The average molecular weight is 511 g/mol. The molecule has 5 rings (SSSR count). The standard InChI is InChI=1S/C29H23N3O6/c1-32-12-10-18(11-13-32)17-37-28(36)15-19-6-7-22-24(14-19)38-25-16-23(30-26(33)8-9-27(34)35)20-4-2-3-5-21(20)29(25)31-22/h2-7,10-14,16H,8-9,15,17H2,1H3/p+1. The first kappa shape index (κ1) is 24.8. The van der Waals surface area contributed by atoms with E-state index in [0.29, 0.717) is 38.9 Å². The highest BCUT2D eigenvalue weighted by Gasteiger charge is 2.16. The van der Waals surface area contributed by atoms with Gasteiger partial charge in [-0.1, -0.05) is 30.3 Å². The Labute approximate surface area is 217 Å². The second kappa shape index (κ2) is 10.6. The zero-order valence-corrected chi connectivity index (χ0v) is 20.6. The molecule has 1 aliphatic heterocycles. The highest BCUT2D eigenvalue weighted by Crippen LogP contribution is 2.30. The summed E-state index contributed by atoms with van der Waals surface area (Å²) in [6, 6.07) is 18.1. The van der Waals surface area contributed by atoms with Gasteiger partial charge in [0, 0.05) is 41.0 Å². The molecule has 9 heteroatoms. The van der Waals surface area contributed by atoms with Crippen molar-refractivity contribution in [3.05, 3.63) is 89.5 Å². The number of nitrogens with zero attached hydrogens (tertiary/aromatic N) is 3. The van der Waals surface area contributed by atoms with Crippen molar-refractivity contribution in [2.24, 2.45) is 12.0 Å². The number of pyridine rings is 1. The van der Waals surface area contributed by atoms with Crippen LogP contribution in [0.5, 0.6) is 0 Å². The molecule has 2 aliphatic rings. The van der Waals surface area contributed by atoms with Crippen molar-refractivity contribution in [1.82, 2.24) is 4.98 Å². The normalized spacial score (nSPS) is 11.8.